The predicted octanol–water partition coefficient (Wildman–Crippen LogP) is 3.96. The fourth-order valence-electron chi connectivity index (χ4n) is 6.60. The number of rotatable bonds is 18. The van der Waals surface area contributed by atoms with E-state index in [4.69, 9.17) is 19.8 Å². The Balaban J connectivity index is 1.10. The number of piperazine rings is 1. The summed E-state index contributed by atoms with van der Waals surface area (Å²) in [5.74, 6) is 2.84. The van der Waals surface area contributed by atoms with Crippen molar-refractivity contribution in [3.8, 4) is 0 Å². The van der Waals surface area contributed by atoms with Crippen molar-refractivity contribution in [2.45, 2.75) is 84.1 Å². The Hall–Kier alpha value is -1.56. The molecular formula is C30H58N9O3P. The summed E-state index contributed by atoms with van der Waals surface area (Å²) in [6.07, 6.45) is 13.6. The molecule has 0 radical (unpaired) electrons. The van der Waals surface area contributed by atoms with Crippen LogP contribution in [0.5, 0.6) is 0 Å². The molecule has 3 fully saturated rings. The summed E-state index contributed by atoms with van der Waals surface area (Å²) in [6.45, 7) is 12.6. The van der Waals surface area contributed by atoms with Gasteiger partial charge in [0.05, 0.1) is 19.4 Å². The quantitative estimate of drug-likeness (QED) is 0.139. The zero-order valence-corrected chi connectivity index (χ0v) is 27.7. The Bertz CT molecular complexity index is 958. The maximum atomic E-state index is 12.8. The average molecular weight is 624 g/mol. The van der Waals surface area contributed by atoms with Crippen molar-refractivity contribution >= 4 is 25.4 Å². The first-order chi connectivity index (χ1) is 21.0. The number of anilines is 3. The largest absolute Gasteiger partial charge is 0.368 e. The van der Waals surface area contributed by atoms with Crippen LogP contribution in [-0.2, 0) is 13.6 Å². The minimum absolute atomic E-state index is 0.244. The second-order valence-corrected chi connectivity index (χ2v) is 14.6. The normalized spacial score (nSPS) is 22.6. The van der Waals surface area contributed by atoms with Crippen molar-refractivity contribution in [1.29, 1.82) is 0 Å². The first kappa shape index (κ1) is 34.3. The molecule has 5 N–H and O–H groups in total. The van der Waals surface area contributed by atoms with Gasteiger partial charge in [0.2, 0.25) is 17.8 Å². The van der Waals surface area contributed by atoms with Gasteiger partial charge in [-0.3, -0.25) is 9.46 Å². The fraction of sp³-hybridized carbons (Fsp3) is 0.900. The highest BCUT2D eigenvalue weighted by atomic mass is 31.2. The van der Waals surface area contributed by atoms with E-state index in [1.165, 1.54) is 64.2 Å². The van der Waals surface area contributed by atoms with Gasteiger partial charge in [-0.1, -0.05) is 19.3 Å². The van der Waals surface area contributed by atoms with E-state index in [9.17, 15) is 4.57 Å². The van der Waals surface area contributed by atoms with Gasteiger partial charge < -0.3 is 35.6 Å². The predicted molar refractivity (Wildman–Crippen MR) is 175 cm³/mol. The lowest BCUT2D eigenvalue weighted by molar-refractivity contribution is 0.209. The number of hydrogen-bond donors (Lipinski definition) is 4. The van der Waals surface area contributed by atoms with Crippen LogP contribution in [0.4, 0.5) is 17.8 Å². The van der Waals surface area contributed by atoms with Gasteiger partial charge in [-0.2, -0.15) is 15.0 Å². The Kier molecular flexibility index (Phi) is 14.7. The van der Waals surface area contributed by atoms with Crippen LogP contribution in [0.15, 0.2) is 0 Å². The molecule has 0 bridgehead atoms. The molecule has 0 spiro atoms. The molecule has 12 nitrogen and oxygen atoms in total. The van der Waals surface area contributed by atoms with Gasteiger partial charge in [0, 0.05) is 45.3 Å². The molecule has 4 rings (SSSR count). The van der Waals surface area contributed by atoms with E-state index in [0.29, 0.717) is 43.7 Å². The topological polar surface area (TPSA) is 143 Å². The standard InChI is InChI=1S/C30H58N9O3P/c1-3-41-43(40,42-4-2)22-21-38-17-19-39(20-18-38)30-36-28(31)35-29(37-30)34-24-26-13-11-25(12-14-26)23-32-15-8-16-33-27-9-6-5-7-10-27/h25-27,32-33H,3-24H2,1-2H3,(H3,31,34,35,36,37)/t25-,26-. The minimum Gasteiger partial charge on any atom is -0.368 e. The molecule has 13 heteroatoms. The SMILES string of the molecule is CCOP(=O)(CCN1CCN(c2nc(N)nc(NC[C@H]3CC[C@H](CNCCCNC4CCCCC4)CC3)n2)CC1)OCC. The highest BCUT2D eigenvalue weighted by Gasteiger charge is 2.27. The van der Waals surface area contributed by atoms with Crippen molar-refractivity contribution < 1.29 is 13.6 Å². The molecule has 0 aromatic carbocycles. The average Bonchev–Trinajstić information content (AvgIpc) is 3.02. The molecule has 1 saturated heterocycles. The number of nitrogens with zero attached hydrogens (tertiary/aromatic N) is 5. The molecule has 2 saturated carbocycles. The number of nitrogen functional groups attached to an aromatic ring is 1. The number of hydrogen-bond acceptors (Lipinski definition) is 12. The van der Waals surface area contributed by atoms with Gasteiger partial charge in [-0.05, 0) is 90.3 Å². The molecule has 1 aromatic heterocycles. The van der Waals surface area contributed by atoms with Gasteiger partial charge in [-0.25, -0.2) is 0 Å². The maximum absolute atomic E-state index is 12.8. The molecule has 2 aliphatic carbocycles. The number of aromatic nitrogens is 3. The Morgan fingerprint density at radius 1 is 0.860 bits per heavy atom. The molecule has 0 amide bonds. The summed E-state index contributed by atoms with van der Waals surface area (Å²) in [6, 6.07) is 0.764. The van der Waals surface area contributed by atoms with Crippen LogP contribution in [0, 0.1) is 11.8 Å². The Morgan fingerprint density at radius 3 is 2.21 bits per heavy atom. The lowest BCUT2D eigenvalue weighted by atomic mass is 9.82. The van der Waals surface area contributed by atoms with E-state index >= 15 is 0 Å². The van der Waals surface area contributed by atoms with E-state index in [2.05, 4.69) is 35.7 Å². The third kappa shape index (κ3) is 12.0. The third-order valence-corrected chi connectivity index (χ3v) is 11.2. The first-order valence-corrected chi connectivity index (χ1v) is 18.7. The van der Waals surface area contributed by atoms with Crippen molar-refractivity contribution in [3.63, 3.8) is 0 Å². The molecule has 43 heavy (non-hydrogen) atoms. The fourth-order valence-corrected chi connectivity index (χ4v) is 8.25. The molecule has 0 atom stereocenters. The van der Waals surface area contributed by atoms with Crippen LogP contribution < -0.4 is 26.6 Å². The summed E-state index contributed by atoms with van der Waals surface area (Å²) in [5, 5.41) is 10.9. The van der Waals surface area contributed by atoms with Gasteiger partial charge in [0.1, 0.15) is 0 Å². The Labute approximate surface area is 259 Å². The lowest BCUT2D eigenvalue weighted by Crippen LogP contribution is -2.47. The molecule has 3 aliphatic rings. The van der Waals surface area contributed by atoms with E-state index in [0.717, 1.165) is 64.3 Å². The molecule has 1 aliphatic heterocycles. The number of nitrogens with two attached hydrogens (primary N) is 1. The van der Waals surface area contributed by atoms with Crippen LogP contribution in [0.25, 0.3) is 0 Å². The summed E-state index contributed by atoms with van der Waals surface area (Å²) < 4.78 is 23.7. The van der Waals surface area contributed by atoms with Crippen LogP contribution in [-0.4, -0.2) is 104 Å². The van der Waals surface area contributed by atoms with Crippen LogP contribution in [0.1, 0.15) is 78.1 Å². The van der Waals surface area contributed by atoms with Crippen molar-refractivity contribution in [2.75, 3.05) is 94.2 Å². The van der Waals surface area contributed by atoms with Gasteiger partial charge in [0.25, 0.3) is 0 Å². The molecule has 0 unspecified atom stereocenters. The molecular weight excluding hydrogens is 565 g/mol. The Morgan fingerprint density at radius 2 is 1.53 bits per heavy atom. The smallest absolute Gasteiger partial charge is 0.331 e. The summed E-state index contributed by atoms with van der Waals surface area (Å²) >= 11 is 0. The first-order valence-electron chi connectivity index (χ1n) is 17.0. The second kappa shape index (κ2) is 18.4. The van der Waals surface area contributed by atoms with Crippen LogP contribution in [0.2, 0.25) is 0 Å². The van der Waals surface area contributed by atoms with Crippen molar-refractivity contribution in [2.24, 2.45) is 11.8 Å². The van der Waals surface area contributed by atoms with E-state index in [1.807, 2.05) is 13.8 Å². The number of nitrogens with one attached hydrogen (secondary N) is 3. The highest BCUT2D eigenvalue weighted by Crippen LogP contribution is 2.47. The van der Waals surface area contributed by atoms with Gasteiger partial charge in [-0.15, -0.1) is 0 Å². The molecule has 2 heterocycles. The van der Waals surface area contributed by atoms with Crippen LogP contribution in [0.3, 0.4) is 0 Å². The van der Waals surface area contributed by atoms with Crippen LogP contribution >= 0.6 is 7.60 Å². The minimum atomic E-state index is -3.03. The highest BCUT2D eigenvalue weighted by molar-refractivity contribution is 7.53. The maximum Gasteiger partial charge on any atom is 0.331 e. The molecule has 246 valence electrons. The lowest BCUT2D eigenvalue weighted by Gasteiger charge is -2.35. The van der Waals surface area contributed by atoms with Crippen molar-refractivity contribution in [3.05, 3.63) is 0 Å². The monoisotopic (exact) mass is 623 g/mol. The van der Waals surface area contributed by atoms with E-state index < -0.39 is 7.60 Å². The second-order valence-electron chi connectivity index (χ2n) is 12.4. The third-order valence-electron chi connectivity index (χ3n) is 9.15. The van der Waals surface area contributed by atoms with Gasteiger partial charge in [0.15, 0.2) is 0 Å². The zero-order chi connectivity index (χ0) is 30.3. The summed E-state index contributed by atoms with van der Waals surface area (Å²) in [4.78, 5) is 17.9. The van der Waals surface area contributed by atoms with Gasteiger partial charge >= 0.3 is 7.60 Å². The summed E-state index contributed by atoms with van der Waals surface area (Å²) in [5.41, 5.74) is 6.08. The van der Waals surface area contributed by atoms with Crippen molar-refractivity contribution in [1.82, 2.24) is 30.5 Å². The van der Waals surface area contributed by atoms with E-state index in [1.54, 1.807) is 0 Å². The zero-order valence-electron chi connectivity index (χ0n) is 26.8. The van der Waals surface area contributed by atoms with E-state index in [-0.39, 0.29) is 5.95 Å². The molecule has 1 aromatic rings. The summed E-state index contributed by atoms with van der Waals surface area (Å²) in [7, 11) is -3.03.